The minimum atomic E-state index is -0.512. The maximum absolute atomic E-state index is 12.6. The lowest BCUT2D eigenvalue weighted by Gasteiger charge is -2.27. The lowest BCUT2D eigenvalue weighted by Crippen LogP contribution is -2.84. The lowest BCUT2D eigenvalue weighted by molar-refractivity contribution is -0.664. The van der Waals surface area contributed by atoms with Crippen molar-refractivity contribution in [2.75, 3.05) is 13.2 Å². The van der Waals surface area contributed by atoms with Crippen molar-refractivity contribution in [3.05, 3.63) is 68.5 Å². The van der Waals surface area contributed by atoms with Gasteiger partial charge in [-0.15, -0.1) is 11.3 Å². The minimum Gasteiger partial charge on any atom is -0.463 e. The van der Waals surface area contributed by atoms with Gasteiger partial charge < -0.3 is 20.7 Å². The van der Waals surface area contributed by atoms with Gasteiger partial charge in [0.2, 0.25) is 0 Å². The number of amides is 2. The van der Waals surface area contributed by atoms with Gasteiger partial charge in [-0.2, -0.15) is 0 Å². The van der Waals surface area contributed by atoms with Crippen LogP contribution < -0.4 is 16.0 Å². The summed E-state index contributed by atoms with van der Waals surface area (Å²) in [5.41, 5.74) is 1.99. The summed E-state index contributed by atoms with van der Waals surface area (Å²) in [6, 6.07) is 10.5. The predicted molar refractivity (Wildman–Crippen MR) is 104 cm³/mol. The van der Waals surface area contributed by atoms with E-state index in [0.717, 1.165) is 10.4 Å². The van der Waals surface area contributed by atoms with Crippen LogP contribution in [0.15, 0.2) is 53.0 Å². The van der Waals surface area contributed by atoms with Gasteiger partial charge in [-0.3, -0.25) is 0 Å². The molecule has 4 N–H and O–H groups in total. The molecule has 1 aromatic heterocycles. The Balaban J connectivity index is 1.84. The summed E-state index contributed by atoms with van der Waals surface area (Å²) in [6.07, 6.45) is 0. The molecule has 0 unspecified atom stereocenters. The summed E-state index contributed by atoms with van der Waals surface area (Å²) < 4.78 is 5.24. The molecule has 1 aliphatic rings. The summed E-state index contributed by atoms with van der Waals surface area (Å²) in [6.45, 7) is 3.08. The molecular weight excluding hydrogens is 386 g/mol. The molecule has 0 bridgehead atoms. The molecule has 142 valence electrons. The van der Waals surface area contributed by atoms with E-state index in [9.17, 15) is 9.59 Å². The summed E-state index contributed by atoms with van der Waals surface area (Å²) in [5.74, 6) is -0.426. The van der Waals surface area contributed by atoms with Gasteiger partial charge >= 0.3 is 12.0 Å². The molecule has 0 fully saturated rings. The largest absolute Gasteiger partial charge is 0.463 e. The highest BCUT2D eigenvalue weighted by atomic mass is 35.5. The van der Waals surface area contributed by atoms with Gasteiger partial charge in [-0.1, -0.05) is 35.9 Å². The summed E-state index contributed by atoms with van der Waals surface area (Å²) in [4.78, 5) is 25.6. The maximum atomic E-state index is 12.6. The minimum absolute atomic E-state index is 0.268. The molecule has 2 heterocycles. The number of hydrogen-bond donors (Lipinski definition) is 3. The van der Waals surface area contributed by atoms with Crippen LogP contribution in [0.3, 0.4) is 0 Å². The first-order chi connectivity index (χ1) is 13.1. The number of nitrogens with two attached hydrogens (primary N) is 1. The number of rotatable bonds is 7. The molecule has 0 radical (unpaired) electrons. The molecule has 1 aliphatic heterocycles. The third-order valence-corrected chi connectivity index (χ3v) is 5.45. The van der Waals surface area contributed by atoms with Gasteiger partial charge in [-0.05, 0) is 24.4 Å². The molecular formula is C19H21ClN3O3S+. The van der Waals surface area contributed by atoms with Gasteiger partial charge in [0, 0.05) is 15.5 Å². The Morgan fingerprint density at radius 2 is 2.07 bits per heavy atom. The SMILES string of the molecule is CCOC(=O)C1=C(C[NH2+]Cc2ccccc2Cl)NC(=O)N[C@@H]1c1cccs1. The molecule has 1 aromatic carbocycles. The van der Waals surface area contributed by atoms with E-state index in [2.05, 4.69) is 10.6 Å². The summed E-state index contributed by atoms with van der Waals surface area (Å²) >= 11 is 7.68. The van der Waals surface area contributed by atoms with E-state index in [0.29, 0.717) is 29.4 Å². The zero-order valence-corrected chi connectivity index (χ0v) is 16.4. The molecule has 27 heavy (non-hydrogen) atoms. The van der Waals surface area contributed by atoms with Crippen LogP contribution in [0.4, 0.5) is 4.79 Å². The van der Waals surface area contributed by atoms with Crippen molar-refractivity contribution in [2.45, 2.75) is 19.5 Å². The predicted octanol–water partition coefficient (Wildman–Crippen LogP) is 2.34. The van der Waals surface area contributed by atoms with Gasteiger partial charge in [0.1, 0.15) is 13.1 Å². The van der Waals surface area contributed by atoms with E-state index in [1.165, 1.54) is 11.3 Å². The number of nitrogens with one attached hydrogen (secondary N) is 2. The topological polar surface area (TPSA) is 84.0 Å². The molecule has 3 rings (SSSR count). The van der Waals surface area contributed by atoms with E-state index in [-0.39, 0.29) is 12.6 Å². The maximum Gasteiger partial charge on any atom is 0.338 e. The van der Waals surface area contributed by atoms with E-state index in [4.69, 9.17) is 16.3 Å². The first kappa shape index (κ1) is 19.4. The van der Waals surface area contributed by atoms with E-state index < -0.39 is 12.0 Å². The van der Waals surface area contributed by atoms with E-state index in [1.54, 1.807) is 6.92 Å². The Labute approximate surface area is 166 Å². The van der Waals surface area contributed by atoms with Gasteiger partial charge in [0.25, 0.3) is 0 Å². The van der Waals surface area contributed by atoms with Crippen LogP contribution in [0.1, 0.15) is 23.4 Å². The van der Waals surface area contributed by atoms with E-state index in [1.807, 2.05) is 47.1 Å². The number of quaternary nitrogens is 1. The third kappa shape index (κ3) is 4.68. The molecule has 1 atom stereocenters. The highest BCUT2D eigenvalue weighted by Crippen LogP contribution is 2.30. The highest BCUT2D eigenvalue weighted by Gasteiger charge is 2.34. The Morgan fingerprint density at radius 1 is 1.26 bits per heavy atom. The average Bonchev–Trinajstić information content (AvgIpc) is 3.17. The van der Waals surface area contributed by atoms with Crippen molar-refractivity contribution in [1.82, 2.24) is 10.6 Å². The number of hydrogen-bond acceptors (Lipinski definition) is 4. The Bertz CT molecular complexity index is 852. The second-order valence-electron chi connectivity index (χ2n) is 5.95. The second-order valence-corrected chi connectivity index (χ2v) is 7.33. The van der Waals surface area contributed by atoms with Crippen molar-refractivity contribution in [3.63, 3.8) is 0 Å². The van der Waals surface area contributed by atoms with Crippen molar-refractivity contribution in [2.24, 2.45) is 0 Å². The van der Waals surface area contributed by atoms with Gasteiger partial charge in [-0.25, -0.2) is 9.59 Å². The molecule has 0 saturated carbocycles. The molecule has 0 spiro atoms. The third-order valence-electron chi connectivity index (χ3n) is 4.15. The van der Waals surface area contributed by atoms with Crippen LogP contribution in [0.25, 0.3) is 0 Å². The Morgan fingerprint density at radius 3 is 2.78 bits per heavy atom. The van der Waals surface area contributed by atoms with Crippen LogP contribution in [-0.4, -0.2) is 25.2 Å². The molecule has 8 heteroatoms. The van der Waals surface area contributed by atoms with E-state index >= 15 is 0 Å². The lowest BCUT2D eigenvalue weighted by atomic mass is 10.0. The van der Waals surface area contributed by atoms with Crippen LogP contribution in [0.2, 0.25) is 5.02 Å². The Hall–Kier alpha value is -2.35. The zero-order chi connectivity index (χ0) is 19.2. The van der Waals surface area contributed by atoms with Gasteiger partial charge in [0.05, 0.1) is 23.9 Å². The molecule has 0 aliphatic carbocycles. The quantitative estimate of drug-likeness (QED) is 0.617. The number of esters is 1. The van der Waals surface area contributed by atoms with Crippen LogP contribution in [-0.2, 0) is 16.1 Å². The number of urea groups is 1. The van der Waals surface area contributed by atoms with Crippen LogP contribution >= 0.6 is 22.9 Å². The number of thiophene rings is 1. The van der Waals surface area contributed by atoms with Gasteiger partial charge in [0.15, 0.2) is 0 Å². The number of benzene rings is 1. The Kier molecular flexibility index (Phi) is 6.49. The van der Waals surface area contributed by atoms with Crippen LogP contribution in [0, 0.1) is 0 Å². The molecule has 6 nitrogen and oxygen atoms in total. The van der Waals surface area contributed by atoms with Crippen molar-refractivity contribution in [1.29, 1.82) is 0 Å². The first-order valence-corrected chi connectivity index (χ1v) is 9.92. The van der Waals surface area contributed by atoms with Crippen molar-refractivity contribution < 1.29 is 19.6 Å². The fourth-order valence-corrected chi connectivity index (χ4v) is 3.93. The smallest absolute Gasteiger partial charge is 0.338 e. The summed E-state index contributed by atoms with van der Waals surface area (Å²) in [7, 11) is 0. The second kappa shape index (κ2) is 9.03. The molecule has 2 aromatic rings. The first-order valence-electron chi connectivity index (χ1n) is 8.66. The number of halogens is 1. The molecule has 0 saturated heterocycles. The monoisotopic (exact) mass is 406 g/mol. The van der Waals surface area contributed by atoms with Crippen molar-refractivity contribution >= 4 is 34.9 Å². The normalized spacial score (nSPS) is 16.7. The summed E-state index contributed by atoms with van der Waals surface area (Å²) in [5, 5.41) is 10.2. The fourth-order valence-electron chi connectivity index (χ4n) is 2.93. The average molecular weight is 407 g/mol. The number of ether oxygens (including phenoxy) is 1. The highest BCUT2D eigenvalue weighted by molar-refractivity contribution is 7.10. The van der Waals surface area contributed by atoms with Crippen molar-refractivity contribution in [3.8, 4) is 0 Å². The molecule has 2 amide bonds. The fraction of sp³-hybridized carbons (Fsp3) is 0.263. The number of carbonyl (C=O) groups is 2. The number of carbonyl (C=O) groups excluding carboxylic acids is 2. The standard InChI is InChI=1S/C19H20ClN3O3S/c1-2-26-18(24)16-14(11-21-10-12-6-3-4-7-13(12)20)22-19(25)23-17(16)15-8-5-9-27-15/h3-9,17,21H,2,10-11H2,1H3,(H2,22,23,25)/p+1/t17-/m1/s1. The zero-order valence-electron chi connectivity index (χ0n) is 14.8. The van der Waals surface area contributed by atoms with Crippen LogP contribution in [0.5, 0.6) is 0 Å².